The molecule has 76 valence electrons. The molecule has 0 aliphatic carbocycles. The van der Waals surface area contributed by atoms with Crippen LogP contribution in [0.15, 0.2) is 28.9 Å². The number of benzene rings is 1. The van der Waals surface area contributed by atoms with Crippen molar-refractivity contribution in [2.75, 3.05) is 11.9 Å². The first-order chi connectivity index (χ1) is 7.36. The van der Waals surface area contributed by atoms with Gasteiger partial charge in [0.2, 0.25) is 0 Å². The lowest BCUT2D eigenvalue weighted by Gasteiger charge is -2.06. The fourth-order valence-electron chi connectivity index (χ4n) is 1.88. The summed E-state index contributed by atoms with van der Waals surface area (Å²) in [5.41, 5.74) is 2.21. The van der Waals surface area contributed by atoms with Gasteiger partial charge < -0.3 is 9.84 Å². The third kappa shape index (κ3) is 1.21. The van der Waals surface area contributed by atoms with Gasteiger partial charge in [0.25, 0.3) is 0 Å². The highest BCUT2D eigenvalue weighted by Gasteiger charge is 2.21. The molecule has 1 N–H and O–H groups in total. The first-order valence-corrected chi connectivity index (χ1v) is 4.82. The molecule has 0 spiro atoms. The highest BCUT2D eigenvalue weighted by Crippen LogP contribution is 2.35. The highest BCUT2D eigenvalue weighted by atomic mass is 19.1. The topological polar surface area (TPSA) is 38.1 Å². The number of rotatable bonds is 0. The van der Waals surface area contributed by atoms with Gasteiger partial charge in [-0.25, -0.2) is 4.39 Å². The first kappa shape index (κ1) is 8.47. The molecule has 0 bridgehead atoms. The van der Waals surface area contributed by atoms with Crippen LogP contribution in [0.1, 0.15) is 5.56 Å². The van der Waals surface area contributed by atoms with Crippen LogP contribution in [0.5, 0.6) is 0 Å². The van der Waals surface area contributed by atoms with Gasteiger partial charge in [0.1, 0.15) is 5.82 Å². The largest absolute Gasteiger partial charge is 0.384 e. The van der Waals surface area contributed by atoms with Gasteiger partial charge >= 0.3 is 0 Å². The molecule has 0 saturated heterocycles. The molecule has 1 aliphatic rings. The van der Waals surface area contributed by atoms with Crippen LogP contribution in [0.3, 0.4) is 0 Å². The molecule has 2 aromatic rings. The molecule has 1 aliphatic heterocycles. The summed E-state index contributed by atoms with van der Waals surface area (Å²) >= 11 is 0. The lowest BCUT2D eigenvalue weighted by molar-refractivity contribution is 0.429. The second-order valence-corrected chi connectivity index (χ2v) is 3.52. The lowest BCUT2D eigenvalue weighted by atomic mass is 10.1. The average Bonchev–Trinajstić information content (AvgIpc) is 2.60. The number of aromatic nitrogens is 1. The maximum absolute atomic E-state index is 13.7. The fraction of sp³-hybridized carbons (Fsp3) is 0.182. The summed E-state index contributed by atoms with van der Waals surface area (Å²) in [6.45, 7) is 0.769. The number of hydrogen-bond acceptors (Lipinski definition) is 3. The summed E-state index contributed by atoms with van der Waals surface area (Å²) in [6.07, 6.45) is 2.45. The molecule has 3 nitrogen and oxygen atoms in total. The zero-order valence-electron chi connectivity index (χ0n) is 7.96. The Morgan fingerprint density at radius 1 is 1.40 bits per heavy atom. The predicted octanol–water partition coefficient (Wildman–Crippen LogP) is 2.45. The number of halogens is 1. The van der Waals surface area contributed by atoms with E-state index in [-0.39, 0.29) is 5.82 Å². The summed E-state index contributed by atoms with van der Waals surface area (Å²) in [5.74, 6) is 0.271. The van der Waals surface area contributed by atoms with Crippen LogP contribution in [0.4, 0.5) is 10.1 Å². The number of nitrogens with zero attached hydrogens (tertiary/aromatic N) is 1. The van der Waals surface area contributed by atoms with Gasteiger partial charge in [-0.1, -0.05) is 11.2 Å². The summed E-state index contributed by atoms with van der Waals surface area (Å²) in [5, 5.41) is 6.89. The van der Waals surface area contributed by atoms with Crippen LogP contribution in [0, 0.1) is 5.82 Å². The SMILES string of the molecule is Fc1cccc2c1-c1oncc1CCN2. The quantitative estimate of drug-likeness (QED) is 0.716. The number of nitrogens with one attached hydrogen (secondary N) is 1. The summed E-state index contributed by atoms with van der Waals surface area (Å²) < 4.78 is 18.8. The van der Waals surface area contributed by atoms with Crippen molar-refractivity contribution < 1.29 is 8.91 Å². The van der Waals surface area contributed by atoms with E-state index >= 15 is 0 Å². The van der Waals surface area contributed by atoms with E-state index in [9.17, 15) is 4.39 Å². The molecule has 3 rings (SSSR count). The lowest BCUT2D eigenvalue weighted by Crippen LogP contribution is -2.02. The Bertz CT molecular complexity index is 507. The van der Waals surface area contributed by atoms with E-state index < -0.39 is 0 Å². The van der Waals surface area contributed by atoms with E-state index in [4.69, 9.17) is 4.52 Å². The zero-order chi connectivity index (χ0) is 10.3. The van der Waals surface area contributed by atoms with Gasteiger partial charge in [0.15, 0.2) is 5.76 Å². The fourth-order valence-corrected chi connectivity index (χ4v) is 1.88. The minimum atomic E-state index is -0.278. The van der Waals surface area contributed by atoms with Gasteiger partial charge in [-0.05, 0) is 18.6 Å². The van der Waals surface area contributed by atoms with Gasteiger partial charge in [0.05, 0.1) is 11.8 Å². The molecule has 1 aromatic heterocycles. The van der Waals surface area contributed by atoms with E-state index in [1.807, 2.05) is 6.07 Å². The van der Waals surface area contributed by atoms with Crippen LogP contribution in [-0.2, 0) is 6.42 Å². The standard InChI is InChI=1S/C11H9FN2O/c12-8-2-1-3-9-10(8)11-7(4-5-13-9)6-14-15-11/h1-3,6,13H,4-5H2. The molecule has 0 saturated carbocycles. The third-order valence-corrected chi connectivity index (χ3v) is 2.59. The molecule has 0 fully saturated rings. The Kier molecular flexibility index (Phi) is 1.74. The van der Waals surface area contributed by atoms with Crippen molar-refractivity contribution in [1.82, 2.24) is 5.16 Å². The van der Waals surface area contributed by atoms with E-state index in [1.165, 1.54) is 6.07 Å². The maximum atomic E-state index is 13.7. The van der Waals surface area contributed by atoms with Crippen molar-refractivity contribution in [3.63, 3.8) is 0 Å². The Morgan fingerprint density at radius 3 is 3.27 bits per heavy atom. The van der Waals surface area contributed by atoms with Crippen LogP contribution in [-0.4, -0.2) is 11.7 Å². The van der Waals surface area contributed by atoms with Crippen molar-refractivity contribution in [2.24, 2.45) is 0 Å². The van der Waals surface area contributed by atoms with E-state index in [2.05, 4.69) is 10.5 Å². The Balaban J connectivity index is 2.32. The molecule has 0 amide bonds. The van der Waals surface area contributed by atoms with Crippen molar-refractivity contribution >= 4 is 5.69 Å². The molecule has 1 aromatic carbocycles. The monoisotopic (exact) mass is 204 g/mol. The molecule has 0 radical (unpaired) electrons. The summed E-state index contributed by atoms with van der Waals surface area (Å²) in [7, 11) is 0. The van der Waals surface area contributed by atoms with E-state index in [1.54, 1.807) is 12.3 Å². The molecule has 0 unspecified atom stereocenters. The first-order valence-electron chi connectivity index (χ1n) is 4.82. The summed E-state index contributed by atoms with van der Waals surface area (Å²) in [4.78, 5) is 0. The zero-order valence-corrected chi connectivity index (χ0v) is 7.96. The van der Waals surface area contributed by atoms with Gasteiger partial charge in [-0.2, -0.15) is 0 Å². The molecule has 4 heteroatoms. The predicted molar refractivity (Wildman–Crippen MR) is 54.1 cm³/mol. The van der Waals surface area contributed by atoms with Crippen molar-refractivity contribution in [2.45, 2.75) is 6.42 Å². The van der Waals surface area contributed by atoms with Crippen LogP contribution >= 0.6 is 0 Å². The highest BCUT2D eigenvalue weighted by molar-refractivity contribution is 5.77. The molecule has 15 heavy (non-hydrogen) atoms. The minimum Gasteiger partial charge on any atom is -0.384 e. The molecule has 2 heterocycles. The van der Waals surface area contributed by atoms with Crippen molar-refractivity contribution in [3.8, 4) is 11.3 Å². The second-order valence-electron chi connectivity index (χ2n) is 3.52. The Morgan fingerprint density at radius 2 is 2.33 bits per heavy atom. The normalized spacial score (nSPS) is 13.7. The van der Waals surface area contributed by atoms with Crippen molar-refractivity contribution in [3.05, 3.63) is 35.8 Å². The third-order valence-electron chi connectivity index (χ3n) is 2.59. The smallest absolute Gasteiger partial charge is 0.175 e. The molecular weight excluding hydrogens is 195 g/mol. The maximum Gasteiger partial charge on any atom is 0.175 e. The van der Waals surface area contributed by atoms with Crippen LogP contribution in [0.25, 0.3) is 11.3 Å². The minimum absolute atomic E-state index is 0.278. The Labute approximate surface area is 85.9 Å². The van der Waals surface area contributed by atoms with E-state index in [0.717, 1.165) is 24.2 Å². The van der Waals surface area contributed by atoms with Crippen molar-refractivity contribution in [1.29, 1.82) is 0 Å². The van der Waals surface area contributed by atoms with Crippen LogP contribution < -0.4 is 5.32 Å². The van der Waals surface area contributed by atoms with Gasteiger partial charge in [-0.3, -0.25) is 0 Å². The second kappa shape index (κ2) is 3.08. The van der Waals surface area contributed by atoms with E-state index in [0.29, 0.717) is 11.3 Å². The average molecular weight is 204 g/mol. The number of fused-ring (bicyclic) bond motifs is 3. The van der Waals surface area contributed by atoms with Crippen LogP contribution in [0.2, 0.25) is 0 Å². The van der Waals surface area contributed by atoms with Gasteiger partial charge in [0, 0.05) is 17.8 Å². The number of anilines is 1. The molecular formula is C11H9FN2O. The summed E-state index contributed by atoms with van der Waals surface area (Å²) in [6, 6.07) is 4.96. The van der Waals surface area contributed by atoms with Gasteiger partial charge in [-0.15, -0.1) is 0 Å². The Hall–Kier alpha value is -1.84. The molecule has 0 atom stereocenters. The number of hydrogen-bond donors (Lipinski definition) is 1.